The third-order valence-corrected chi connectivity index (χ3v) is 4.10. The number of hydrogen-bond donors (Lipinski definition) is 2. The van der Waals surface area contributed by atoms with Crippen molar-refractivity contribution in [3.8, 4) is 5.75 Å². The van der Waals surface area contributed by atoms with E-state index < -0.39 is 0 Å². The lowest BCUT2D eigenvalue weighted by molar-refractivity contribution is 0.410. The second kappa shape index (κ2) is 5.67. The first-order chi connectivity index (χ1) is 9.78. The van der Waals surface area contributed by atoms with Crippen LogP contribution in [-0.4, -0.2) is 24.2 Å². The number of pyridine rings is 1. The van der Waals surface area contributed by atoms with Gasteiger partial charge in [-0.3, -0.25) is 4.98 Å². The first-order valence-corrected chi connectivity index (χ1v) is 7.21. The molecule has 1 saturated carbocycles. The van der Waals surface area contributed by atoms with Gasteiger partial charge in [0.2, 0.25) is 0 Å². The van der Waals surface area contributed by atoms with Crippen LogP contribution in [0.4, 0.5) is 5.69 Å². The third kappa shape index (κ3) is 2.56. The van der Waals surface area contributed by atoms with Crippen LogP contribution in [0.2, 0.25) is 0 Å². The average Bonchev–Trinajstić information content (AvgIpc) is 2.49. The second-order valence-electron chi connectivity index (χ2n) is 5.50. The normalized spacial score (nSPS) is 22.7. The Labute approximate surface area is 119 Å². The Morgan fingerprint density at radius 1 is 1.20 bits per heavy atom. The molecule has 0 aliphatic heterocycles. The topological polar surface area (TPSA) is 60.2 Å². The summed E-state index contributed by atoms with van der Waals surface area (Å²) in [4.78, 5) is 4.21. The molecule has 1 aliphatic rings. The molecule has 1 fully saturated rings. The van der Waals surface area contributed by atoms with Gasteiger partial charge in [0.15, 0.2) is 0 Å². The van der Waals surface area contributed by atoms with Crippen molar-refractivity contribution in [1.82, 2.24) is 4.98 Å². The van der Waals surface area contributed by atoms with Crippen molar-refractivity contribution in [2.24, 2.45) is 5.73 Å². The van der Waals surface area contributed by atoms with E-state index in [4.69, 9.17) is 10.5 Å². The Morgan fingerprint density at radius 3 is 2.75 bits per heavy atom. The Kier molecular flexibility index (Phi) is 3.74. The highest BCUT2D eigenvalue weighted by Crippen LogP contribution is 2.33. The van der Waals surface area contributed by atoms with Crippen molar-refractivity contribution in [3.05, 3.63) is 30.6 Å². The molecule has 20 heavy (non-hydrogen) atoms. The summed E-state index contributed by atoms with van der Waals surface area (Å²) in [5.74, 6) is 0.818. The number of methoxy groups -OCH3 is 1. The zero-order valence-corrected chi connectivity index (χ0v) is 11.8. The van der Waals surface area contributed by atoms with E-state index >= 15 is 0 Å². The number of nitrogens with two attached hydrogens (primary N) is 1. The van der Waals surface area contributed by atoms with Crippen LogP contribution in [0.15, 0.2) is 30.6 Å². The number of fused-ring (bicyclic) bond motifs is 1. The van der Waals surface area contributed by atoms with Gasteiger partial charge in [-0.1, -0.05) is 12.1 Å². The van der Waals surface area contributed by atoms with Gasteiger partial charge >= 0.3 is 0 Å². The number of nitrogens with zero attached hydrogens (tertiary/aromatic N) is 1. The molecule has 0 saturated heterocycles. The van der Waals surface area contributed by atoms with Gasteiger partial charge in [-0.2, -0.15) is 0 Å². The van der Waals surface area contributed by atoms with Crippen LogP contribution in [0.25, 0.3) is 10.8 Å². The molecule has 0 unspecified atom stereocenters. The number of nitrogens with one attached hydrogen (secondary N) is 1. The van der Waals surface area contributed by atoms with Crippen LogP contribution in [0, 0.1) is 0 Å². The Hall–Kier alpha value is -1.81. The van der Waals surface area contributed by atoms with Crippen molar-refractivity contribution in [2.45, 2.75) is 37.8 Å². The molecule has 3 N–H and O–H groups in total. The fraction of sp³-hybridized carbons (Fsp3) is 0.438. The molecule has 4 heteroatoms. The quantitative estimate of drug-likeness (QED) is 0.901. The number of ether oxygens (including phenoxy) is 1. The lowest BCUT2D eigenvalue weighted by atomic mass is 9.91. The minimum Gasteiger partial charge on any atom is -0.494 e. The van der Waals surface area contributed by atoms with E-state index in [0.29, 0.717) is 12.1 Å². The van der Waals surface area contributed by atoms with Crippen molar-refractivity contribution >= 4 is 16.5 Å². The highest BCUT2D eigenvalue weighted by molar-refractivity contribution is 5.98. The molecular weight excluding hydrogens is 250 g/mol. The molecule has 0 amide bonds. The predicted octanol–water partition coefficient (Wildman–Crippen LogP) is 2.93. The van der Waals surface area contributed by atoms with Crippen molar-refractivity contribution < 1.29 is 4.74 Å². The Balaban J connectivity index is 1.91. The Morgan fingerprint density at radius 2 is 2.00 bits per heavy atom. The lowest BCUT2D eigenvalue weighted by Crippen LogP contribution is -2.32. The van der Waals surface area contributed by atoms with E-state index in [1.165, 1.54) is 0 Å². The van der Waals surface area contributed by atoms with Crippen LogP contribution in [0.3, 0.4) is 0 Å². The number of rotatable bonds is 3. The summed E-state index contributed by atoms with van der Waals surface area (Å²) in [6.07, 6.45) is 8.10. The van der Waals surface area contributed by atoms with Gasteiger partial charge in [-0.15, -0.1) is 0 Å². The van der Waals surface area contributed by atoms with Crippen molar-refractivity contribution in [3.63, 3.8) is 0 Å². The zero-order chi connectivity index (χ0) is 13.9. The second-order valence-corrected chi connectivity index (χ2v) is 5.50. The van der Waals surface area contributed by atoms with Gasteiger partial charge in [0.1, 0.15) is 5.75 Å². The maximum atomic E-state index is 5.97. The highest BCUT2D eigenvalue weighted by atomic mass is 16.5. The standard InChI is InChI=1S/C16H21N3O/c1-20-15-10-18-9-11-3-2-4-14(16(11)15)19-13-7-5-12(17)6-8-13/h2-4,9-10,12-13,19H,5-8,17H2,1H3. The summed E-state index contributed by atoms with van der Waals surface area (Å²) in [6, 6.07) is 7.10. The summed E-state index contributed by atoms with van der Waals surface area (Å²) < 4.78 is 5.45. The van der Waals surface area contributed by atoms with Crippen LogP contribution in [0.5, 0.6) is 5.75 Å². The lowest BCUT2D eigenvalue weighted by Gasteiger charge is -2.28. The van der Waals surface area contributed by atoms with Gasteiger partial charge in [0, 0.05) is 29.4 Å². The first-order valence-electron chi connectivity index (χ1n) is 7.21. The molecule has 0 atom stereocenters. The number of aromatic nitrogens is 1. The van der Waals surface area contributed by atoms with E-state index in [0.717, 1.165) is 47.9 Å². The van der Waals surface area contributed by atoms with Crippen LogP contribution >= 0.6 is 0 Å². The monoisotopic (exact) mass is 271 g/mol. The molecule has 106 valence electrons. The van der Waals surface area contributed by atoms with Crippen LogP contribution in [-0.2, 0) is 0 Å². The van der Waals surface area contributed by atoms with Gasteiger partial charge in [0.25, 0.3) is 0 Å². The molecule has 1 aromatic carbocycles. The molecule has 0 bridgehead atoms. The van der Waals surface area contributed by atoms with Gasteiger partial charge in [-0.05, 0) is 31.7 Å². The molecule has 1 heterocycles. The molecule has 2 aromatic rings. The largest absolute Gasteiger partial charge is 0.494 e. The minimum absolute atomic E-state index is 0.374. The van der Waals surface area contributed by atoms with Gasteiger partial charge in [0.05, 0.1) is 18.7 Å². The number of anilines is 1. The third-order valence-electron chi connectivity index (χ3n) is 4.10. The van der Waals surface area contributed by atoms with Crippen molar-refractivity contribution in [2.75, 3.05) is 12.4 Å². The number of benzene rings is 1. The predicted molar refractivity (Wildman–Crippen MR) is 82.1 cm³/mol. The Bertz CT molecular complexity index is 586. The molecule has 0 radical (unpaired) electrons. The van der Waals surface area contributed by atoms with E-state index in [-0.39, 0.29) is 0 Å². The fourth-order valence-corrected chi connectivity index (χ4v) is 2.96. The smallest absolute Gasteiger partial charge is 0.147 e. The molecule has 4 nitrogen and oxygen atoms in total. The summed E-state index contributed by atoms with van der Waals surface area (Å²) in [5.41, 5.74) is 7.10. The fourth-order valence-electron chi connectivity index (χ4n) is 2.96. The molecule has 3 rings (SSSR count). The summed E-state index contributed by atoms with van der Waals surface area (Å²) in [7, 11) is 1.69. The first kappa shape index (κ1) is 13.2. The van der Waals surface area contributed by atoms with Crippen LogP contribution in [0.1, 0.15) is 25.7 Å². The van der Waals surface area contributed by atoms with Crippen molar-refractivity contribution in [1.29, 1.82) is 0 Å². The maximum absolute atomic E-state index is 5.97. The average molecular weight is 271 g/mol. The highest BCUT2D eigenvalue weighted by Gasteiger charge is 2.19. The number of hydrogen-bond acceptors (Lipinski definition) is 4. The molecule has 1 aliphatic carbocycles. The molecule has 1 aromatic heterocycles. The van der Waals surface area contributed by atoms with Gasteiger partial charge < -0.3 is 15.8 Å². The van der Waals surface area contributed by atoms with E-state index in [2.05, 4.69) is 28.5 Å². The maximum Gasteiger partial charge on any atom is 0.147 e. The zero-order valence-electron chi connectivity index (χ0n) is 11.8. The molecular formula is C16H21N3O. The van der Waals surface area contributed by atoms with E-state index in [1.807, 2.05) is 6.20 Å². The minimum atomic E-state index is 0.374. The van der Waals surface area contributed by atoms with E-state index in [1.54, 1.807) is 13.3 Å². The summed E-state index contributed by atoms with van der Waals surface area (Å²) in [5, 5.41) is 5.87. The summed E-state index contributed by atoms with van der Waals surface area (Å²) >= 11 is 0. The summed E-state index contributed by atoms with van der Waals surface area (Å²) in [6.45, 7) is 0. The SMILES string of the molecule is COc1cncc2cccc(NC3CCC(N)CC3)c12. The van der Waals surface area contributed by atoms with E-state index in [9.17, 15) is 0 Å². The van der Waals surface area contributed by atoms with Gasteiger partial charge in [-0.25, -0.2) is 0 Å². The van der Waals surface area contributed by atoms with Crippen LogP contribution < -0.4 is 15.8 Å². The molecule has 0 spiro atoms.